The number of benzene rings is 3. The summed E-state index contributed by atoms with van der Waals surface area (Å²) in [7, 11) is 0. The van der Waals surface area contributed by atoms with Gasteiger partial charge in [0.25, 0.3) is 0 Å². The summed E-state index contributed by atoms with van der Waals surface area (Å²) in [6, 6.07) is 22.8. The Morgan fingerprint density at radius 3 is 1.34 bits per heavy atom. The zero-order chi connectivity index (χ0) is 31.1. The van der Waals surface area contributed by atoms with Gasteiger partial charge in [-0.25, -0.2) is 0 Å². The van der Waals surface area contributed by atoms with E-state index in [1.807, 2.05) is 0 Å². The summed E-state index contributed by atoms with van der Waals surface area (Å²) in [4.78, 5) is 30.6. The minimum absolute atomic E-state index is 0.00900. The molecule has 44 heavy (non-hydrogen) atoms. The van der Waals surface area contributed by atoms with Crippen molar-refractivity contribution < 1.29 is 9.59 Å². The lowest BCUT2D eigenvalue weighted by Crippen LogP contribution is -2.40. The normalized spacial score (nSPS) is 19.2. The lowest BCUT2D eigenvalue weighted by Gasteiger charge is -2.32. The number of hydrogen-bond acceptors (Lipinski definition) is 6. The van der Waals surface area contributed by atoms with Crippen LogP contribution in [0.3, 0.4) is 0 Å². The molecule has 2 atom stereocenters. The zero-order valence-electron chi connectivity index (χ0n) is 25.0. The van der Waals surface area contributed by atoms with Crippen LogP contribution in [0.2, 0.25) is 0 Å². The summed E-state index contributed by atoms with van der Waals surface area (Å²) in [5.41, 5.74) is 16.2. The molecule has 2 heterocycles. The maximum absolute atomic E-state index is 13.0. The van der Waals surface area contributed by atoms with Gasteiger partial charge < -0.3 is 22.1 Å². The fraction of sp³-hybridized carbons (Fsp3) is 0.353. The van der Waals surface area contributed by atoms with Crippen LogP contribution in [0, 0.1) is 22.7 Å². The highest BCUT2D eigenvalue weighted by molar-refractivity contribution is 5.97. The van der Waals surface area contributed by atoms with Crippen LogP contribution in [-0.2, 0) is 22.7 Å². The van der Waals surface area contributed by atoms with E-state index in [-0.39, 0.29) is 35.3 Å². The van der Waals surface area contributed by atoms with Gasteiger partial charge in [0.05, 0.1) is 11.8 Å². The van der Waals surface area contributed by atoms with Crippen LogP contribution in [0.1, 0.15) is 47.9 Å². The van der Waals surface area contributed by atoms with Gasteiger partial charge in [0.15, 0.2) is 0 Å². The summed E-state index contributed by atoms with van der Waals surface area (Å²) < 4.78 is 0. The molecule has 10 nitrogen and oxygen atoms in total. The van der Waals surface area contributed by atoms with Crippen LogP contribution >= 0.6 is 0 Å². The second-order valence-corrected chi connectivity index (χ2v) is 11.9. The number of nitrogen functional groups attached to an aromatic ring is 2. The predicted octanol–water partition coefficient (Wildman–Crippen LogP) is 3.96. The third-order valence-electron chi connectivity index (χ3n) is 8.51. The van der Waals surface area contributed by atoms with Crippen molar-refractivity contribution in [3.8, 4) is 0 Å². The highest BCUT2D eigenvalue weighted by Crippen LogP contribution is 2.23. The number of anilines is 2. The standard InChI is InChI=1S/C34H42N8O2/c35-31(36)25-9-13-29(14-10-25)39-33(43)27-3-1-17-41(21-27)19-23-5-7-24(8-6-23)20-42-18-2-4-28(22-42)34(44)40-30-15-11-26(12-16-30)32(37)38/h5-16,27-28H,1-4,17-22H2,(H3,35,36)(H3,37,38)(H,39,43)(H,40,44). The van der Waals surface area contributed by atoms with E-state index in [0.29, 0.717) is 22.5 Å². The molecule has 0 bridgehead atoms. The fourth-order valence-corrected chi connectivity index (χ4v) is 6.05. The highest BCUT2D eigenvalue weighted by atomic mass is 16.2. The first-order valence-corrected chi connectivity index (χ1v) is 15.3. The summed E-state index contributed by atoms with van der Waals surface area (Å²) in [5.74, 6) is -0.0659. The molecule has 3 aromatic rings. The SMILES string of the molecule is N=C(N)c1ccc(NC(=O)C2CCCN(Cc3ccc(CN4CCCC(C(=O)Nc5ccc(C(=N)N)cc5)C4)cc3)C2)cc1. The number of nitrogens with two attached hydrogens (primary N) is 2. The van der Waals surface area contributed by atoms with Crippen molar-refractivity contribution in [2.45, 2.75) is 38.8 Å². The second-order valence-electron chi connectivity index (χ2n) is 11.9. The van der Waals surface area contributed by atoms with Gasteiger partial charge in [-0.2, -0.15) is 0 Å². The van der Waals surface area contributed by atoms with Gasteiger partial charge in [0.2, 0.25) is 11.8 Å². The van der Waals surface area contributed by atoms with E-state index in [0.717, 1.165) is 65.0 Å². The fourth-order valence-electron chi connectivity index (χ4n) is 6.05. The number of amides is 2. The Morgan fingerprint density at radius 2 is 1.00 bits per heavy atom. The Hall–Kier alpha value is -4.54. The molecular weight excluding hydrogens is 552 g/mol. The van der Waals surface area contributed by atoms with E-state index >= 15 is 0 Å². The van der Waals surface area contributed by atoms with Crippen LogP contribution in [0.25, 0.3) is 0 Å². The second kappa shape index (κ2) is 14.3. The molecule has 2 unspecified atom stereocenters. The number of likely N-dealkylation sites (tertiary alicyclic amines) is 2. The van der Waals surface area contributed by atoms with Crippen molar-refractivity contribution >= 4 is 34.9 Å². The number of amidine groups is 2. The Kier molecular flexibility index (Phi) is 10.0. The van der Waals surface area contributed by atoms with E-state index in [9.17, 15) is 9.59 Å². The van der Waals surface area contributed by atoms with E-state index in [2.05, 4.69) is 44.7 Å². The molecule has 2 amide bonds. The van der Waals surface area contributed by atoms with Crippen molar-refractivity contribution in [1.82, 2.24) is 9.80 Å². The average Bonchev–Trinajstić information content (AvgIpc) is 3.03. The minimum Gasteiger partial charge on any atom is -0.384 e. The van der Waals surface area contributed by atoms with Gasteiger partial charge in [-0.15, -0.1) is 0 Å². The zero-order valence-corrected chi connectivity index (χ0v) is 25.0. The van der Waals surface area contributed by atoms with E-state index in [1.54, 1.807) is 48.5 Å². The lowest BCUT2D eigenvalue weighted by atomic mass is 9.96. The van der Waals surface area contributed by atoms with Gasteiger partial charge in [-0.3, -0.25) is 30.2 Å². The van der Waals surface area contributed by atoms with Crippen LogP contribution in [0.5, 0.6) is 0 Å². The molecular formula is C34H42N8O2. The van der Waals surface area contributed by atoms with Gasteiger partial charge in [-0.1, -0.05) is 24.3 Å². The van der Waals surface area contributed by atoms with Crippen molar-refractivity contribution in [3.05, 3.63) is 95.1 Å². The largest absolute Gasteiger partial charge is 0.384 e. The lowest BCUT2D eigenvalue weighted by molar-refractivity contribution is -0.122. The molecule has 0 aromatic heterocycles. The van der Waals surface area contributed by atoms with Crippen molar-refractivity contribution in [1.29, 1.82) is 10.8 Å². The van der Waals surface area contributed by atoms with E-state index in [1.165, 1.54) is 11.1 Å². The Bertz CT molecular complexity index is 1360. The first-order chi connectivity index (χ1) is 21.2. The van der Waals surface area contributed by atoms with Crippen LogP contribution in [0.15, 0.2) is 72.8 Å². The first-order valence-electron chi connectivity index (χ1n) is 15.3. The number of piperidine rings is 2. The molecule has 230 valence electrons. The molecule has 5 rings (SSSR count). The maximum atomic E-state index is 13.0. The number of rotatable bonds is 10. The van der Waals surface area contributed by atoms with Gasteiger partial charge in [0.1, 0.15) is 11.7 Å². The molecule has 10 heteroatoms. The van der Waals surface area contributed by atoms with Crippen LogP contribution < -0.4 is 22.1 Å². The van der Waals surface area contributed by atoms with Crippen molar-refractivity contribution in [2.24, 2.45) is 23.3 Å². The quantitative estimate of drug-likeness (QED) is 0.154. The van der Waals surface area contributed by atoms with E-state index < -0.39 is 0 Å². The summed E-state index contributed by atoms with van der Waals surface area (Å²) in [6.45, 7) is 4.98. The average molecular weight is 595 g/mol. The molecule has 0 saturated carbocycles. The number of carbonyl (C=O) groups excluding carboxylic acids is 2. The van der Waals surface area contributed by atoms with E-state index in [4.69, 9.17) is 22.3 Å². The molecule has 0 radical (unpaired) electrons. The monoisotopic (exact) mass is 594 g/mol. The van der Waals surface area contributed by atoms with Gasteiger partial charge in [0, 0.05) is 48.7 Å². The molecule has 0 aliphatic carbocycles. The molecule has 8 N–H and O–H groups in total. The first kappa shape index (κ1) is 30.9. The Balaban J connectivity index is 1.08. The molecule has 2 aliphatic rings. The molecule has 2 saturated heterocycles. The topological polar surface area (TPSA) is 164 Å². The third kappa shape index (κ3) is 8.30. The number of nitrogens with one attached hydrogen (secondary N) is 4. The van der Waals surface area contributed by atoms with Gasteiger partial charge in [-0.05, 0) is 98.4 Å². The van der Waals surface area contributed by atoms with Crippen molar-refractivity contribution in [2.75, 3.05) is 36.8 Å². The number of hydrogen-bond donors (Lipinski definition) is 6. The Labute approximate surface area is 258 Å². The molecule has 2 aliphatic heterocycles. The summed E-state index contributed by atoms with van der Waals surface area (Å²) in [6.07, 6.45) is 3.70. The van der Waals surface area contributed by atoms with Crippen LogP contribution in [-0.4, -0.2) is 59.5 Å². The number of nitrogens with zero attached hydrogens (tertiary/aromatic N) is 2. The van der Waals surface area contributed by atoms with Crippen molar-refractivity contribution in [3.63, 3.8) is 0 Å². The summed E-state index contributed by atoms with van der Waals surface area (Å²) >= 11 is 0. The summed E-state index contributed by atoms with van der Waals surface area (Å²) in [5, 5.41) is 21.1. The maximum Gasteiger partial charge on any atom is 0.228 e. The minimum atomic E-state index is -0.0698. The molecule has 3 aromatic carbocycles. The third-order valence-corrected chi connectivity index (χ3v) is 8.51. The highest BCUT2D eigenvalue weighted by Gasteiger charge is 2.27. The van der Waals surface area contributed by atoms with Crippen LogP contribution in [0.4, 0.5) is 11.4 Å². The predicted molar refractivity (Wildman–Crippen MR) is 175 cm³/mol. The Morgan fingerprint density at radius 1 is 0.636 bits per heavy atom. The molecule has 2 fully saturated rings. The molecule has 0 spiro atoms. The smallest absolute Gasteiger partial charge is 0.228 e. The van der Waals surface area contributed by atoms with Gasteiger partial charge >= 0.3 is 0 Å². The number of carbonyl (C=O) groups is 2.